The molecule has 1 saturated heterocycles. The van der Waals surface area contributed by atoms with Crippen molar-refractivity contribution in [3.05, 3.63) is 71.5 Å². The molecule has 2 aromatic heterocycles. The van der Waals surface area contributed by atoms with E-state index in [9.17, 15) is 4.79 Å². The van der Waals surface area contributed by atoms with Gasteiger partial charge >= 0.3 is 0 Å². The first-order valence-electron chi connectivity index (χ1n) is 9.97. The average Bonchev–Trinajstić information content (AvgIpc) is 3.35. The number of imidazole rings is 1. The zero-order chi connectivity index (χ0) is 20.5. The van der Waals surface area contributed by atoms with Crippen LogP contribution >= 0.6 is 11.6 Å². The van der Waals surface area contributed by atoms with Gasteiger partial charge in [0.05, 0.1) is 28.5 Å². The lowest BCUT2D eigenvalue weighted by atomic mass is 10.3. The highest BCUT2D eigenvalue weighted by Gasteiger charge is 2.23. The highest BCUT2D eigenvalue weighted by Crippen LogP contribution is 2.20. The maximum Gasteiger partial charge on any atom is 0.257 e. The summed E-state index contributed by atoms with van der Waals surface area (Å²) >= 11 is 6.07. The Hall–Kier alpha value is -3.32. The molecule has 152 valence electrons. The molecule has 8 heteroatoms. The number of hydrogen-bond acceptors (Lipinski definition) is 4. The normalized spacial score (nSPS) is 14.8. The van der Waals surface area contributed by atoms with Crippen LogP contribution in [0.3, 0.4) is 0 Å². The molecule has 1 fully saturated rings. The molecule has 0 aliphatic carbocycles. The molecule has 0 unspecified atom stereocenters. The summed E-state index contributed by atoms with van der Waals surface area (Å²) in [5.74, 6) is 0.856. The Morgan fingerprint density at radius 3 is 2.80 bits per heavy atom. The Morgan fingerprint density at radius 2 is 1.93 bits per heavy atom. The van der Waals surface area contributed by atoms with Crippen molar-refractivity contribution in [3.63, 3.8) is 0 Å². The Kier molecular flexibility index (Phi) is 4.88. The molecule has 1 amide bonds. The minimum Gasteiger partial charge on any atom is -0.341 e. The van der Waals surface area contributed by atoms with Crippen molar-refractivity contribution in [1.82, 2.24) is 24.6 Å². The van der Waals surface area contributed by atoms with Gasteiger partial charge < -0.3 is 14.8 Å². The van der Waals surface area contributed by atoms with Gasteiger partial charge in [-0.25, -0.2) is 9.67 Å². The van der Waals surface area contributed by atoms with Crippen LogP contribution in [-0.2, 0) is 0 Å². The van der Waals surface area contributed by atoms with E-state index in [0.717, 1.165) is 42.2 Å². The number of aromatic amines is 1. The predicted octanol–water partition coefficient (Wildman–Crippen LogP) is 3.75. The molecular formula is C22H21ClN6O. The molecule has 2 aromatic carbocycles. The van der Waals surface area contributed by atoms with Gasteiger partial charge in [0, 0.05) is 37.4 Å². The SMILES string of the molecule is O=C(c1cnn(-c2cccc(Cl)c2)c1)N1CCCN(c2nc3ccccc3[nH]2)CC1. The van der Waals surface area contributed by atoms with Gasteiger partial charge in [-0.1, -0.05) is 29.8 Å². The van der Waals surface area contributed by atoms with Gasteiger partial charge in [0.1, 0.15) is 0 Å². The number of hydrogen-bond donors (Lipinski definition) is 1. The molecular weight excluding hydrogens is 400 g/mol. The number of carbonyl (C=O) groups is 1. The number of fused-ring (bicyclic) bond motifs is 1. The number of amides is 1. The van der Waals surface area contributed by atoms with Crippen LogP contribution in [0.25, 0.3) is 16.7 Å². The monoisotopic (exact) mass is 420 g/mol. The van der Waals surface area contributed by atoms with E-state index >= 15 is 0 Å². The summed E-state index contributed by atoms with van der Waals surface area (Å²) in [6.45, 7) is 2.93. The molecule has 30 heavy (non-hydrogen) atoms. The van der Waals surface area contributed by atoms with E-state index in [2.05, 4.69) is 15.0 Å². The third-order valence-electron chi connectivity index (χ3n) is 5.36. The van der Waals surface area contributed by atoms with E-state index in [4.69, 9.17) is 16.6 Å². The number of para-hydroxylation sites is 2. The van der Waals surface area contributed by atoms with E-state index in [-0.39, 0.29) is 5.91 Å². The van der Waals surface area contributed by atoms with E-state index in [1.165, 1.54) is 0 Å². The van der Waals surface area contributed by atoms with Gasteiger partial charge in [-0.3, -0.25) is 4.79 Å². The van der Waals surface area contributed by atoms with Crippen LogP contribution in [0.1, 0.15) is 16.8 Å². The van der Waals surface area contributed by atoms with Crippen LogP contribution in [-0.4, -0.2) is 56.7 Å². The lowest BCUT2D eigenvalue weighted by Gasteiger charge is -2.21. The first kappa shape index (κ1) is 18.7. The highest BCUT2D eigenvalue weighted by molar-refractivity contribution is 6.30. The third kappa shape index (κ3) is 3.64. The van der Waals surface area contributed by atoms with Crippen LogP contribution in [0.2, 0.25) is 5.02 Å². The number of benzene rings is 2. The molecule has 0 bridgehead atoms. The van der Waals surface area contributed by atoms with Crippen molar-refractivity contribution < 1.29 is 4.79 Å². The minimum atomic E-state index is -0.00488. The number of nitrogens with one attached hydrogen (secondary N) is 1. The number of anilines is 1. The molecule has 1 aliphatic heterocycles. The molecule has 3 heterocycles. The van der Waals surface area contributed by atoms with Crippen LogP contribution in [0.5, 0.6) is 0 Å². The first-order chi connectivity index (χ1) is 14.7. The Balaban J connectivity index is 1.29. The van der Waals surface area contributed by atoms with E-state index in [0.29, 0.717) is 23.7 Å². The zero-order valence-electron chi connectivity index (χ0n) is 16.3. The van der Waals surface area contributed by atoms with Crippen LogP contribution in [0.4, 0.5) is 5.95 Å². The summed E-state index contributed by atoms with van der Waals surface area (Å²) in [7, 11) is 0. The van der Waals surface area contributed by atoms with Gasteiger partial charge in [0.15, 0.2) is 0 Å². The van der Waals surface area contributed by atoms with Crippen molar-refractivity contribution in [3.8, 4) is 5.69 Å². The Bertz CT molecular complexity index is 1170. The molecule has 4 aromatic rings. The second kappa shape index (κ2) is 7.84. The first-order valence-corrected chi connectivity index (χ1v) is 10.3. The third-order valence-corrected chi connectivity index (χ3v) is 5.60. The number of halogens is 1. The Labute approximate surface area is 178 Å². The van der Waals surface area contributed by atoms with Crippen molar-refractivity contribution in [1.29, 1.82) is 0 Å². The lowest BCUT2D eigenvalue weighted by Crippen LogP contribution is -2.35. The summed E-state index contributed by atoms with van der Waals surface area (Å²) in [5.41, 5.74) is 3.39. The van der Waals surface area contributed by atoms with Crippen LogP contribution in [0.15, 0.2) is 60.9 Å². The Morgan fingerprint density at radius 1 is 1.03 bits per heavy atom. The summed E-state index contributed by atoms with van der Waals surface area (Å²) in [5, 5.41) is 4.97. The summed E-state index contributed by atoms with van der Waals surface area (Å²) in [4.78, 5) is 25.2. The smallest absolute Gasteiger partial charge is 0.257 e. The standard InChI is InChI=1S/C22H21ClN6O/c23-17-5-3-6-18(13-17)29-15-16(14-24-29)21(30)27-9-4-10-28(12-11-27)22-25-19-7-1-2-8-20(19)26-22/h1-3,5-8,13-15H,4,9-12H2,(H,25,26). The van der Waals surface area contributed by atoms with Gasteiger partial charge in [0.25, 0.3) is 5.91 Å². The van der Waals surface area contributed by atoms with Crippen molar-refractivity contribution >= 4 is 34.5 Å². The number of nitrogens with zero attached hydrogens (tertiary/aromatic N) is 5. The molecule has 5 rings (SSSR count). The summed E-state index contributed by atoms with van der Waals surface area (Å²) in [6, 6.07) is 15.4. The number of H-pyrrole nitrogens is 1. The van der Waals surface area contributed by atoms with E-state index < -0.39 is 0 Å². The van der Waals surface area contributed by atoms with E-state index in [1.54, 1.807) is 17.1 Å². The van der Waals surface area contributed by atoms with Gasteiger partial charge in [-0.2, -0.15) is 5.10 Å². The molecule has 7 nitrogen and oxygen atoms in total. The molecule has 0 atom stereocenters. The maximum atomic E-state index is 13.1. The second-order valence-electron chi connectivity index (χ2n) is 7.36. The molecule has 0 radical (unpaired) electrons. The molecule has 0 saturated carbocycles. The minimum absolute atomic E-state index is 0.00488. The fraction of sp³-hybridized carbons (Fsp3) is 0.227. The second-order valence-corrected chi connectivity index (χ2v) is 7.80. The fourth-order valence-electron chi connectivity index (χ4n) is 3.80. The topological polar surface area (TPSA) is 70.1 Å². The van der Waals surface area contributed by atoms with E-state index in [1.807, 2.05) is 53.4 Å². The number of aromatic nitrogens is 4. The molecule has 1 N–H and O–H groups in total. The van der Waals surface area contributed by atoms with Gasteiger partial charge in [0.2, 0.25) is 5.95 Å². The quantitative estimate of drug-likeness (QED) is 0.548. The van der Waals surface area contributed by atoms with Crippen molar-refractivity contribution in [2.45, 2.75) is 6.42 Å². The summed E-state index contributed by atoms with van der Waals surface area (Å²) in [6.07, 6.45) is 4.26. The van der Waals surface area contributed by atoms with Gasteiger partial charge in [-0.15, -0.1) is 0 Å². The number of rotatable bonds is 3. The number of carbonyl (C=O) groups excluding carboxylic acids is 1. The molecule has 1 aliphatic rings. The summed E-state index contributed by atoms with van der Waals surface area (Å²) < 4.78 is 1.68. The lowest BCUT2D eigenvalue weighted by molar-refractivity contribution is 0.0767. The predicted molar refractivity (Wildman–Crippen MR) is 117 cm³/mol. The molecule has 0 spiro atoms. The average molecular weight is 421 g/mol. The fourth-order valence-corrected chi connectivity index (χ4v) is 3.98. The van der Waals surface area contributed by atoms with Crippen LogP contribution < -0.4 is 4.90 Å². The van der Waals surface area contributed by atoms with Crippen molar-refractivity contribution in [2.75, 3.05) is 31.1 Å². The van der Waals surface area contributed by atoms with Crippen molar-refractivity contribution in [2.24, 2.45) is 0 Å². The van der Waals surface area contributed by atoms with Crippen LogP contribution in [0, 0.1) is 0 Å². The zero-order valence-corrected chi connectivity index (χ0v) is 17.1. The highest BCUT2D eigenvalue weighted by atomic mass is 35.5. The maximum absolute atomic E-state index is 13.1. The van der Waals surface area contributed by atoms with Gasteiger partial charge in [-0.05, 0) is 36.8 Å². The largest absolute Gasteiger partial charge is 0.341 e.